The molecule has 3 aromatic carbocycles. The van der Waals surface area contributed by atoms with E-state index in [1.165, 1.54) is 32.9 Å². The van der Waals surface area contributed by atoms with Crippen LogP contribution >= 0.6 is 45.7 Å². The molecule has 0 amide bonds. The molecule has 0 bridgehead atoms. The lowest BCUT2D eigenvalue weighted by atomic mass is 9.83. The van der Waals surface area contributed by atoms with Gasteiger partial charge in [-0.2, -0.15) is 0 Å². The zero-order valence-electron chi connectivity index (χ0n) is 19.8. The smallest absolute Gasteiger partial charge is 0.271 e. The minimum Gasteiger partial charge on any atom is -0.496 e. The molecule has 7 heteroatoms. The molecule has 1 aromatic heterocycles. The van der Waals surface area contributed by atoms with Gasteiger partial charge in [0.15, 0.2) is 4.80 Å². The molecule has 2 aliphatic rings. The number of thiazole rings is 1. The molecule has 180 valence electrons. The molecule has 1 atom stereocenters. The normalized spacial score (nSPS) is 16.8. The number of thioether (sulfide) groups is 1. The maximum atomic E-state index is 13.9. The summed E-state index contributed by atoms with van der Waals surface area (Å²) in [6, 6.07) is 23.0. The van der Waals surface area contributed by atoms with E-state index >= 15 is 0 Å². The number of aryl methyl sites for hydroxylation is 1. The second-order valence-corrected chi connectivity index (χ2v) is 11.8. The lowest BCUT2D eigenvalue weighted by Crippen LogP contribution is -2.38. The molecule has 1 aliphatic carbocycles. The van der Waals surface area contributed by atoms with E-state index in [0.29, 0.717) is 4.53 Å². The summed E-state index contributed by atoms with van der Waals surface area (Å²) in [5.41, 5.74) is 6.87. The summed E-state index contributed by atoms with van der Waals surface area (Å²) < 4.78 is 9.00. The molecule has 0 saturated heterocycles. The predicted molar refractivity (Wildman–Crippen MR) is 157 cm³/mol. The number of benzene rings is 3. The number of nitrogens with zero attached hydrogens (tertiary/aromatic N) is 2. The lowest BCUT2D eigenvalue weighted by molar-refractivity contribution is 0.412. The standard InChI is InChI=1S/C29H23IN2O2S2/c1-34-24-14-7-17(15-23(24)30)16-25-28(33)32-27(19-8-11-20(35-2)12-9-19)22-13-10-18-5-3-4-6-21(18)26(22)31-29(32)36-25/h3-9,11-12,14-16,27H,10,13H2,1-2H3. The molecule has 36 heavy (non-hydrogen) atoms. The van der Waals surface area contributed by atoms with Gasteiger partial charge in [-0.05, 0) is 94.3 Å². The Kier molecular flexibility index (Phi) is 6.39. The highest BCUT2D eigenvalue weighted by molar-refractivity contribution is 14.1. The minimum atomic E-state index is -0.154. The number of fused-ring (bicyclic) bond motifs is 3. The third-order valence-corrected chi connectivity index (χ3v) is 9.35. The van der Waals surface area contributed by atoms with Crippen LogP contribution in [0, 0.1) is 3.57 Å². The van der Waals surface area contributed by atoms with Gasteiger partial charge in [0.1, 0.15) is 5.75 Å². The van der Waals surface area contributed by atoms with Crippen LogP contribution in [0.4, 0.5) is 0 Å². The van der Waals surface area contributed by atoms with Gasteiger partial charge in [0.25, 0.3) is 5.56 Å². The molecular weight excluding hydrogens is 599 g/mol. The first-order valence-electron chi connectivity index (χ1n) is 11.7. The second-order valence-electron chi connectivity index (χ2n) is 8.78. The Bertz CT molecular complexity index is 1700. The Labute approximate surface area is 231 Å². The zero-order valence-corrected chi connectivity index (χ0v) is 23.6. The number of hydrogen-bond donors (Lipinski definition) is 0. The zero-order chi connectivity index (χ0) is 24.8. The molecule has 2 heterocycles. The average molecular weight is 623 g/mol. The topological polar surface area (TPSA) is 43.6 Å². The van der Waals surface area contributed by atoms with Crippen molar-refractivity contribution in [3.05, 3.63) is 118 Å². The Balaban J connectivity index is 1.58. The van der Waals surface area contributed by atoms with Crippen LogP contribution in [0.15, 0.2) is 87.0 Å². The number of methoxy groups -OCH3 is 1. The van der Waals surface area contributed by atoms with E-state index in [1.807, 2.05) is 28.8 Å². The monoisotopic (exact) mass is 622 g/mol. The molecule has 0 N–H and O–H groups in total. The van der Waals surface area contributed by atoms with Gasteiger partial charge in [-0.15, -0.1) is 11.8 Å². The second kappa shape index (κ2) is 9.68. The number of allylic oxidation sites excluding steroid dienone is 1. The molecule has 0 saturated carbocycles. The van der Waals surface area contributed by atoms with Crippen LogP contribution in [0.25, 0.3) is 11.8 Å². The Morgan fingerprint density at radius 2 is 1.92 bits per heavy atom. The summed E-state index contributed by atoms with van der Waals surface area (Å²) in [6.07, 6.45) is 5.90. The number of ether oxygens (including phenoxy) is 1. The number of rotatable bonds is 4. The molecular formula is C29H23IN2O2S2. The predicted octanol–water partition coefficient (Wildman–Crippen LogP) is 5.65. The van der Waals surface area contributed by atoms with Gasteiger partial charge < -0.3 is 4.74 Å². The SMILES string of the molecule is COc1ccc(C=c2sc3n(c2=O)C(c2ccc(SC)cc2)C2=C(N=3)c3ccccc3CC2)cc1I. The first-order chi connectivity index (χ1) is 17.6. The fourth-order valence-corrected chi connectivity index (χ4v) is 7.20. The van der Waals surface area contributed by atoms with Crippen molar-refractivity contribution >= 4 is 57.5 Å². The van der Waals surface area contributed by atoms with E-state index in [1.54, 1.807) is 18.9 Å². The van der Waals surface area contributed by atoms with Crippen LogP contribution in [0.2, 0.25) is 0 Å². The maximum Gasteiger partial charge on any atom is 0.271 e. The lowest BCUT2D eigenvalue weighted by Gasteiger charge is -2.30. The van der Waals surface area contributed by atoms with E-state index < -0.39 is 0 Å². The molecule has 4 nitrogen and oxygen atoms in total. The van der Waals surface area contributed by atoms with Crippen molar-refractivity contribution in [3.8, 4) is 5.75 Å². The van der Waals surface area contributed by atoms with E-state index in [-0.39, 0.29) is 11.6 Å². The summed E-state index contributed by atoms with van der Waals surface area (Å²) in [5, 5.41) is 0. The Morgan fingerprint density at radius 3 is 2.67 bits per heavy atom. The van der Waals surface area contributed by atoms with Crippen molar-refractivity contribution in [3.63, 3.8) is 0 Å². The van der Waals surface area contributed by atoms with Crippen LogP contribution in [-0.2, 0) is 6.42 Å². The number of hydrogen-bond acceptors (Lipinski definition) is 5. The first kappa shape index (κ1) is 23.8. The number of aromatic nitrogens is 1. The molecule has 1 aliphatic heterocycles. The van der Waals surface area contributed by atoms with E-state index in [2.05, 4.69) is 77.4 Å². The van der Waals surface area contributed by atoms with Gasteiger partial charge in [-0.25, -0.2) is 4.99 Å². The summed E-state index contributed by atoms with van der Waals surface area (Å²) in [4.78, 5) is 20.9. The summed E-state index contributed by atoms with van der Waals surface area (Å²) in [6.45, 7) is 0. The summed E-state index contributed by atoms with van der Waals surface area (Å²) in [5.74, 6) is 0.828. The third kappa shape index (κ3) is 4.07. The summed E-state index contributed by atoms with van der Waals surface area (Å²) in [7, 11) is 1.67. The van der Waals surface area contributed by atoms with Crippen LogP contribution in [-0.4, -0.2) is 17.9 Å². The molecule has 0 fully saturated rings. The van der Waals surface area contributed by atoms with Crippen LogP contribution in [0.5, 0.6) is 5.75 Å². The fraction of sp³-hybridized carbons (Fsp3) is 0.172. The molecule has 6 rings (SSSR count). The highest BCUT2D eigenvalue weighted by Gasteiger charge is 2.32. The largest absolute Gasteiger partial charge is 0.496 e. The van der Waals surface area contributed by atoms with Crippen LogP contribution in [0.1, 0.15) is 34.7 Å². The molecule has 4 aromatic rings. The molecule has 0 radical (unpaired) electrons. The van der Waals surface area contributed by atoms with Gasteiger partial charge in [0.2, 0.25) is 0 Å². The fourth-order valence-electron chi connectivity index (χ4n) is 5.03. The highest BCUT2D eigenvalue weighted by Crippen LogP contribution is 2.41. The van der Waals surface area contributed by atoms with E-state index in [0.717, 1.165) is 43.8 Å². The minimum absolute atomic E-state index is 0.00827. The summed E-state index contributed by atoms with van der Waals surface area (Å²) >= 11 is 5.45. The van der Waals surface area contributed by atoms with Gasteiger partial charge in [-0.1, -0.05) is 53.8 Å². The quantitative estimate of drug-likeness (QED) is 0.218. The molecule has 1 unspecified atom stereocenters. The van der Waals surface area contributed by atoms with Crippen LogP contribution in [0.3, 0.4) is 0 Å². The third-order valence-electron chi connectivity index (χ3n) is 6.78. The van der Waals surface area contributed by atoms with Crippen molar-refractivity contribution in [2.75, 3.05) is 13.4 Å². The van der Waals surface area contributed by atoms with E-state index in [9.17, 15) is 4.79 Å². The number of halogens is 1. The van der Waals surface area contributed by atoms with Crippen molar-refractivity contribution in [1.29, 1.82) is 0 Å². The van der Waals surface area contributed by atoms with Crippen molar-refractivity contribution in [1.82, 2.24) is 4.57 Å². The van der Waals surface area contributed by atoms with Gasteiger partial charge >= 0.3 is 0 Å². The van der Waals surface area contributed by atoms with Gasteiger partial charge in [0, 0.05) is 10.5 Å². The molecule has 0 spiro atoms. The van der Waals surface area contributed by atoms with Crippen molar-refractivity contribution in [2.45, 2.75) is 23.8 Å². The van der Waals surface area contributed by atoms with Gasteiger partial charge in [0.05, 0.1) is 27.0 Å². The first-order valence-corrected chi connectivity index (χ1v) is 14.8. The van der Waals surface area contributed by atoms with E-state index in [4.69, 9.17) is 9.73 Å². The highest BCUT2D eigenvalue weighted by atomic mass is 127. The van der Waals surface area contributed by atoms with Gasteiger partial charge in [-0.3, -0.25) is 9.36 Å². The maximum absolute atomic E-state index is 13.9. The van der Waals surface area contributed by atoms with Crippen molar-refractivity contribution < 1.29 is 4.74 Å². The van der Waals surface area contributed by atoms with Crippen molar-refractivity contribution in [2.24, 2.45) is 4.99 Å². The Morgan fingerprint density at radius 1 is 1.11 bits per heavy atom. The van der Waals surface area contributed by atoms with Crippen LogP contribution < -0.4 is 19.6 Å². The average Bonchev–Trinajstić information content (AvgIpc) is 3.22. The Hall–Kier alpha value is -2.62.